The lowest BCUT2D eigenvalue weighted by molar-refractivity contribution is -0.137. The maximum atomic E-state index is 13.8. The molecule has 166 valence electrons. The van der Waals surface area contributed by atoms with E-state index in [0.717, 1.165) is 10.9 Å². The van der Waals surface area contributed by atoms with Gasteiger partial charge < -0.3 is 25.3 Å². The van der Waals surface area contributed by atoms with Crippen molar-refractivity contribution in [3.05, 3.63) is 70.7 Å². The molecule has 3 aromatic rings. The van der Waals surface area contributed by atoms with E-state index in [2.05, 4.69) is 20.9 Å². The number of carbonyl (C=O) groups excluding carboxylic acids is 1. The molecule has 1 aromatic heterocycles. The van der Waals surface area contributed by atoms with Gasteiger partial charge in [-0.25, -0.2) is 14.2 Å². The average molecular weight is 447 g/mol. The summed E-state index contributed by atoms with van der Waals surface area (Å²) in [6.07, 6.45) is -2.78. The van der Waals surface area contributed by atoms with Crippen LogP contribution in [0.1, 0.15) is 5.56 Å². The topological polar surface area (TPSA) is 81.9 Å². The highest BCUT2D eigenvalue weighted by Crippen LogP contribution is 2.31. The van der Waals surface area contributed by atoms with Crippen LogP contribution in [0.5, 0.6) is 0 Å². The van der Waals surface area contributed by atoms with Crippen LogP contribution in [0.2, 0.25) is 0 Å². The Morgan fingerprint density at radius 3 is 2.53 bits per heavy atom. The maximum absolute atomic E-state index is 13.8. The number of anilines is 4. The van der Waals surface area contributed by atoms with Gasteiger partial charge >= 0.3 is 12.2 Å². The van der Waals surface area contributed by atoms with Crippen LogP contribution in [-0.2, 0) is 6.18 Å². The lowest BCUT2D eigenvalue weighted by Crippen LogP contribution is -2.33. The van der Waals surface area contributed by atoms with Crippen molar-refractivity contribution in [3.63, 3.8) is 0 Å². The number of urea groups is 1. The van der Waals surface area contributed by atoms with Crippen LogP contribution in [0.25, 0.3) is 6.20 Å². The highest BCUT2D eigenvalue weighted by atomic mass is 19.4. The highest BCUT2D eigenvalue weighted by Gasteiger charge is 2.31. The minimum Gasteiger partial charge on any atom is -0.423 e. The lowest BCUT2D eigenvalue weighted by Gasteiger charge is -2.19. The van der Waals surface area contributed by atoms with Crippen LogP contribution in [0.15, 0.2) is 57.9 Å². The predicted molar refractivity (Wildman–Crippen MR) is 111 cm³/mol. The molecular formula is C21H17F4N5O2. The Morgan fingerprint density at radius 1 is 1.09 bits per heavy atom. The van der Waals surface area contributed by atoms with Gasteiger partial charge in [-0.2, -0.15) is 13.2 Å². The molecule has 0 atom stereocenters. The third-order valence-electron chi connectivity index (χ3n) is 4.65. The summed E-state index contributed by atoms with van der Waals surface area (Å²) < 4.78 is 57.7. The van der Waals surface area contributed by atoms with E-state index in [9.17, 15) is 22.4 Å². The van der Waals surface area contributed by atoms with E-state index in [1.807, 2.05) is 17.2 Å². The first-order valence-corrected chi connectivity index (χ1v) is 9.38. The number of benzene rings is 2. The molecule has 0 radical (unpaired) electrons. The van der Waals surface area contributed by atoms with Gasteiger partial charge in [0.25, 0.3) is 0 Å². The summed E-state index contributed by atoms with van der Waals surface area (Å²) in [4.78, 5) is 18.4. The normalized spacial score (nSPS) is 13.0. The number of hydrogen-bond donors (Lipinski definition) is 3. The van der Waals surface area contributed by atoms with Gasteiger partial charge in [0.05, 0.1) is 16.5 Å². The van der Waals surface area contributed by atoms with Crippen LogP contribution in [0, 0.1) is 5.82 Å². The number of alkyl halides is 3. The Morgan fingerprint density at radius 2 is 1.84 bits per heavy atom. The summed E-state index contributed by atoms with van der Waals surface area (Å²) in [5.74, 6) is -0.382. The molecule has 0 bridgehead atoms. The van der Waals surface area contributed by atoms with Crippen LogP contribution >= 0.6 is 0 Å². The van der Waals surface area contributed by atoms with E-state index in [0.29, 0.717) is 42.0 Å². The molecule has 7 nitrogen and oxygen atoms in total. The summed E-state index contributed by atoms with van der Waals surface area (Å²) >= 11 is 0. The zero-order valence-corrected chi connectivity index (χ0v) is 16.6. The van der Waals surface area contributed by atoms with Crippen molar-refractivity contribution in [1.29, 1.82) is 0 Å². The summed E-state index contributed by atoms with van der Waals surface area (Å²) in [6.45, 7) is 0.339. The van der Waals surface area contributed by atoms with Crippen molar-refractivity contribution in [2.45, 2.75) is 6.18 Å². The van der Waals surface area contributed by atoms with Gasteiger partial charge in [-0.05, 0) is 42.5 Å². The first-order valence-electron chi connectivity index (χ1n) is 9.38. The predicted octanol–water partition coefficient (Wildman–Crippen LogP) is 3.96. The second-order valence-corrected chi connectivity index (χ2v) is 6.84. The molecule has 11 heteroatoms. The van der Waals surface area contributed by atoms with Crippen molar-refractivity contribution in [2.75, 3.05) is 34.6 Å². The number of furan rings is 1. The molecule has 1 aliphatic rings. The quantitative estimate of drug-likeness (QED) is 0.529. The van der Waals surface area contributed by atoms with E-state index < -0.39 is 29.3 Å². The lowest BCUT2D eigenvalue weighted by atomic mass is 10.2. The van der Waals surface area contributed by atoms with Gasteiger partial charge in [-0.15, -0.1) is 0 Å². The van der Waals surface area contributed by atoms with Gasteiger partial charge in [0.2, 0.25) is 5.55 Å². The van der Waals surface area contributed by atoms with Gasteiger partial charge in [-0.3, -0.25) is 0 Å². The summed E-state index contributed by atoms with van der Waals surface area (Å²) in [7, 11) is 1.74. The number of hydrogen-bond acceptors (Lipinski definition) is 5. The second kappa shape index (κ2) is 8.25. The first kappa shape index (κ1) is 21.2. The fourth-order valence-electron chi connectivity index (χ4n) is 3.06. The molecule has 2 aromatic carbocycles. The zero-order chi connectivity index (χ0) is 22.9. The number of nitrogens with zero attached hydrogens (tertiary/aromatic N) is 2. The molecule has 1 aliphatic heterocycles. The summed E-state index contributed by atoms with van der Waals surface area (Å²) in [5, 5.41) is 8.27. The van der Waals surface area contributed by atoms with Gasteiger partial charge in [0, 0.05) is 30.7 Å². The Kier molecular flexibility index (Phi) is 5.47. The van der Waals surface area contributed by atoms with E-state index in [1.165, 1.54) is 0 Å². The fourth-order valence-corrected chi connectivity index (χ4v) is 3.06. The molecule has 0 saturated heterocycles. The van der Waals surface area contributed by atoms with Crippen LogP contribution in [-0.4, -0.2) is 19.7 Å². The second-order valence-electron chi connectivity index (χ2n) is 6.84. The fraction of sp³-hybridized carbons (Fsp3) is 0.143. The number of rotatable bonds is 4. The maximum Gasteiger partial charge on any atom is 0.416 e. The number of halogens is 4. The molecule has 0 unspecified atom stereocenters. The molecule has 0 spiro atoms. The minimum atomic E-state index is -4.65. The van der Waals surface area contributed by atoms with Gasteiger partial charge in [0.1, 0.15) is 12.5 Å². The highest BCUT2D eigenvalue weighted by molar-refractivity contribution is 6.00. The van der Waals surface area contributed by atoms with Gasteiger partial charge in [0.15, 0.2) is 5.88 Å². The molecular weight excluding hydrogens is 430 g/mol. The van der Waals surface area contributed by atoms with Crippen LogP contribution in [0.4, 0.5) is 45.3 Å². The Labute approximate surface area is 179 Å². The Balaban J connectivity index is 1.44. The smallest absolute Gasteiger partial charge is 0.416 e. The average Bonchev–Trinajstić information content (AvgIpc) is 3.17. The zero-order valence-electron chi connectivity index (χ0n) is 16.6. The van der Waals surface area contributed by atoms with Gasteiger partial charge in [-0.1, -0.05) is 0 Å². The van der Waals surface area contributed by atoms with E-state index in [1.54, 1.807) is 31.3 Å². The molecule has 3 N–H and O–H groups in total. The van der Waals surface area contributed by atoms with Crippen LogP contribution < -0.4 is 31.6 Å². The SMILES string of the molecule is CNc1cc2c(o1)=NCN(c1ccc(NC(=O)Nc3cc(C(F)(F)F)ccc3F)cc1)C=2. The molecule has 0 aliphatic carbocycles. The van der Waals surface area contributed by atoms with Crippen molar-refractivity contribution in [3.8, 4) is 0 Å². The third-order valence-corrected chi connectivity index (χ3v) is 4.65. The molecule has 4 rings (SSSR count). The largest absolute Gasteiger partial charge is 0.423 e. The van der Waals surface area contributed by atoms with E-state index in [4.69, 9.17) is 4.42 Å². The standard InChI is InChI=1S/C21H17F4N5O2/c1-26-18-8-12-10-30(11-27-19(12)32-18)15-5-3-14(4-6-15)28-20(31)29-17-9-13(21(23,24)25)2-7-16(17)22/h2-10,26H,11H2,1H3,(H2,28,29,31). The minimum absolute atomic E-state index is 0.339. The van der Waals surface area contributed by atoms with E-state index in [-0.39, 0.29) is 0 Å². The van der Waals surface area contributed by atoms with Crippen LogP contribution in [0.3, 0.4) is 0 Å². The molecule has 2 amide bonds. The number of amides is 2. The molecule has 2 heterocycles. The monoisotopic (exact) mass is 447 g/mol. The third kappa shape index (κ3) is 4.51. The Hall–Kier alpha value is -4.02. The van der Waals surface area contributed by atoms with Crippen molar-refractivity contribution in [1.82, 2.24) is 0 Å². The molecule has 0 fully saturated rings. The number of fused-ring (bicyclic) bond motifs is 1. The van der Waals surface area contributed by atoms with Crippen molar-refractivity contribution >= 4 is 35.2 Å². The molecule has 0 saturated carbocycles. The summed E-state index contributed by atoms with van der Waals surface area (Å²) in [6, 6.07) is 9.41. The first-order chi connectivity index (χ1) is 15.2. The summed E-state index contributed by atoms with van der Waals surface area (Å²) in [5.41, 5.74) is 0.0534. The number of carbonyl (C=O) groups is 1. The van der Waals surface area contributed by atoms with Crippen molar-refractivity contribution in [2.24, 2.45) is 4.99 Å². The Bertz CT molecular complexity index is 1270. The van der Waals surface area contributed by atoms with Crippen molar-refractivity contribution < 1.29 is 26.8 Å². The molecule has 32 heavy (non-hydrogen) atoms. The number of nitrogens with one attached hydrogen (secondary N) is 3. The van der Waals surface area contributed by atoms with E-state index >= 15 is 0 Å².